The second kappa shape index (κ2) is 6.27. The Labute approximate surface area is 124 Å². The van der Waals surface area contributed by atoms with E-state index in [1.807, 2.05) is 0 Å². The van der Waals surface area contributed by atoms with Gasteiger partial charge in [0.25, 0.3) is 0 Å². The molecule has 3 rings (SSSR count). The van der Waals surface area contributed by atoms with Gasteiger partial charge in [-0.3, -0.25) is 4.90 Å². The number of hydrogen-bond acceptors (Lipinski definition) is 2. The summed E-state index contributed by atoms with van der Waals surface area (Å²) in [7, 11) is 0. The van der Waals surface area contributed by atoms with E-state index in [1.54, 1.807) is 0 Å². The summed E-state index contributed by atoms with van der Waals surface area (Å²) in [5.41, 5.74) is 1.36. The lowest BCUT2D eigenvalue weighted by molar-refractivity contribution is 0.113. The van der Waals surface area contributed by atoms with Gasteiger partial charge < -0.3 is 4.74 Å². The number of nitrogens with zero attached hydrogens (tertiary/aromatic N) is 1. The molecule has 1 aromatic carbocycles. The maximum atomic E-state index is 6.01. The first-order valence-electron chi connectivity index (χ1n) is 7.48. The molecule has 3 heteroatoms. The number of ether oxygens (including phenoxy) is 1. The van der Waals surface area contributed by atoms with Crippen molar-refractivity contribution in [3.63, 3.8) is 0 Å². The quantitative estimate of drug-likeness (QED) is 0.715. The van der Waals surface area contributed by atoms with E-state index in [-0.39, 0.29) is 0 Å². The van der Waals surface area contributed by atoms with Gasteiger partial charge in [0.15, 0.2) is 0 Å². The third-order valence-corrected chi connectivity index (χ3v) is 4.88. The van der Waals surface area contributed by atoms with Crippen LogP contribution in [0.3, 0.4) is 0 Å². The molecular weight excluding hydrogens is 302 g/mol. The molecule has 1 unspecified atom stereocenters. The van der Waals surface area contributed by atoms with E-state index in [1.165, 1.54) is 44.2 Å². The van der Waals surface area contributed by atoms with Gasteiger partial charge in [0, 0.05) is 17.1 Å². The van der Waals surface area contributed by atoms with Gasteiger partial charge >= 0.3 is 0 Å². The molecule has 1 saturated heterocycles. The van der Waals surface area contributed by atoms with Crippen LogP contribution in [0.25, 0.3) is 0 Å². The highest BCUT2D eigenvalue weighted by atomic mass is 79.9. The maximum Gasteiger partial charge on any atom is 0.122 e. The first kappa shape index (κ1) is 13.4. The maximum absolute atomic E-state index is 6.01. The monoisotopic (exact) mass is 323 g/mol. The van der Waals surface area contributed by atoms with E-state index >= 15 is 0 Å². The number of aryl methyl sites for hydroxylation is 1. The zero-order valence-electron chi connectivity index (χ0n) is 11.4. The van der Waals surface area contributed by atoms with Gasteiger partial charge in [0.05, 0.1) is 0 Å². The average Bonchev–Trinajstić information content (AvgIpc) is 2.43. The topological polar surface area (TPSA) is 12.5 Å². The molecule has 104 valence electrons. The number of rotatable bonds is 0. The van der Waals surface area contributed by atoms with Crippen molar-refractivity contribution < 1.29 is 4.74 Å². The van der Waals surface area contributed by atoms with Crippen molar-refractivity contribution in [2.75, 3.05) is 19.7 Å². The molecule has 0 bridgehead atoms. The predicted molar refractivity (Wildman–Crippen MR) is 81.8 cm³/mol. The van der Waals surface area contributed by atoms with Crippen LogP contribution in [0.15, 0.2) is 22.7 Å². The summed E-state index contributed by atoms with van der Waals surface area (Å²) in [4.78, 5) is 2.65. The van der Waals surface area contributed by atoms with E-state index in [0.717, 1.165) is 35.8 Å². The lowest BCUT2D eigenvalue weighted by Gasteiger charge is -2.36. The Bertz CT molecular complexity index is 435. The second-order valence-corrected chi connectivity index (χ2v) is 6.59. The van der Waals surface area contributed by atoms with Crippen LogP contribution >= 0.6 is 15.9 Å². The Balaban J connectivity index is 1.74. The van der Waals surface area contributed by atoms with Crippen molar-refractivity contribution in [3.8, 4) is 5.75 Å². The molecule has 2 heterocycles. The van der Waals surface area contributed by atoms with Crippen LogP contribution in [0.4, 0.5) is 0 Å². The molecule has 0 aromatic heterocycles. The van der Waals surface area contributed by atoms with E-state index in [4.69, 9.17) is 4.74 Å². The van der Waals surface area contributed by atoms with Gasteiger partial charge in [-0.25, -0.2) is 0 Å². The molecule has 1 atom stereocenters. The fourth-order valence-corrected chi connectivity index (χ4v) is 3.77. The van der Waals surface area contributed by atoms with Crippen molar-refractivity contribution in [1.82, 2.24) is 4.90 Å². The summed E-state index contributed by atoms with van der Waals surface area (Å²) in [6, 6.07) is 7.20. The van der Waals surface area contributed by atoms with Gasteiger partial charge in [-0.2, -0.15) is 0 Å². The Kier molecular flexibility index (Phi) is 4.44. The summed E-state index contributed by atoms with van der Waals surface area (Å²) in [6.45, 7) is 3.17. The molecule has 0 spiro atoms. The van der Waals surface area contributed by atoms with Crippen molar-refractivity contribution in [3.05, 3.63) is 28.2 Å². The summed E-state index contributed by atoms with van der Waals surface area (Å²) >= 11 is 3.56. The minimum atomic E-state index is 0.797. The number of hydrogen-bond donors (Lipinski definition) is 0. The predicted octanol–water partition coefficient (Wildman–Crippen LogP) is 4.02. The Morgan fingerprint density at radius 2 is 2.00 bits per heavy atom. The van der Waals surface area contributed by atoms with Crippen LogP contribution in [0.1, 0.15) is 37.7 Å². The number of fused-ring (bicyclic) bond motifs is 2. The molecule has 1 aromatic rings. The largest absolute Gasteiger partial charge is 0.492 e. The highest BCUT2D eigenvalue weighted by Crippen LogP contribution is 2.28. The molecule has 2 aliphatic rings. The zero-order chi connectivity index (χ0) is 13.1. The van der Waals surface area contributed by atoms with Gasteiger partial charge in [-0.05, 0) is 62.4 Å². The smallest absolute Gasteiger partial charge is 0.122 e. The van der Waals surface area contributed by atoms with Gasteiger partial charge in [-0.1, -0.05) is 22.4 Å². The van der Waals surface area contributed by atoms with Crippen LogP contribution in [0.5, 0.6) is 5.75 Å². The summed E-state index contributed by atoms with van der Waals surface area (Å²) in [5.74, 6) is 1.08. The van der Waals surface area contributed by atoms with Gasteiger partial charge in [0.1, 0.15) is 12.4 Å². The van der Waals surface area contributed by atoms with Crippen LogP contribution in [-0.2, 0) is 6.42 Å². The van der Waals surface area contributed by atoms with E-state index < -0.39 is 0 Å². The molecule has 0 saturated carbocycles. The Hall–Kier alpha value is -0.540. The Morgan fingerprint density at radius 1 is 1.11 bits per heavy atom. The SMILES string of the molecule is Brc1ccc2c(c1)CCCC1CCCCN1CCO2. The third kappa shape index (κ3) is 3.32. The number of halogens is 1. The summed E-state index contributed by atoms with van der Waals surface area (Å²) < 4.78 is 7.16. The van der Waals surface area contributed by atoms with Crippen molar-refractivity contribution in [2.24, 2.45) is 0 Å². The second-order valence-electron chi connectivity index (χ2n) is 5.68. The molecular formula is C16H22BrNO. The lowest BCUT2D eigenvalue weighted by Crippen LogP contribution is -2.42. The molecule has 1 fully saturated rings. The summed E-state index contributed by atoms with van der Waals surface area (Å²) in [5, 5.41) is 0. The molecule has 19 heavy (non-hydrogen) atoms. The highest BCUT2D eigenvalue weighted by Gasteiger charge is 2.22. The Morgan fingerprint density at radius 3 is 2.95 bits per heavy atom. The van der Waals surface area contributed by atoms with Crippen molar-refractivity contribution >= 4 is 15.9 Å². The zero-order valence-corrected chi connectivity index (χ0v) is 13.0. The minimum absolute atomic E-state index is 0.797. The molecule has 2 aliphatic heterocycles. The molecule has 0 aliphatic carbocycles. The average molecular weight is 324 g/mol. The number of piperidine rings is 1. The van der Waals surface area contributed by atoms with E-state index in [2.05, 4.69) is 39.0 Å². The van der Waals surface area contributed by atoms with Crippen LogP contribution in [-0.4, -0.2) is 30.6 Å². The molecule has 0 radical (unpaired) electrons. The van der Waals surface area contributed by atoms with Gasteiger partial charge in [-0.15, -0.1) is 0 Å². The third-order valence-electron chi connectivity index (χ3n) is 4.39. The minimum Gasteiger partial charge on any atom is -0.492 e. The van der Waals surface area contributed by atoms with Crippen LogP contribution < -0.4 is 4.74 Å². The number of benzene rings is 1. The molecule has 2 nitrogen and oxygen atoms in total. The van der Waals surface area contributed by atoms with Crippen LogP contribution in [0.2, 0.25) is 0 Å². The van der Waals surface area contributed by atoms with E-state index in [9.17, 15) is 0 Å². The molecule has 0 N–H and O–H groups in total. The van der Waals surface area contributed by atoms with Crippen molar-refractivity contribution in [2.45, 2.75) is 44.6 Å². The fraction of sp³-hybridized carbons (Fsp3) is 0.625. The van der Waals surface area contributed by atoms with Gasteiger partial charge in [0.2, 0.25) is 0 Å². The first-order chi connectivity index (χ1) is 9.33. The van der Waals surface area contributed by atoms with Crippen molar-refractivity contribution in [1.29, 1.82) is 0 Å². The lowest BCUT2D eigenvalue weighted by atomic mass is 9.95. The highest BCUT2D eigenvalue weighted by molar-refractivity contribution is 9.10. The molecule has 0 amide bonds. The standard InChI is InChI=1S/C16H22BrNO/c17-14-7-8-16-13(12-14)4-3-6-15-5-1-2-9-18(15)10-11-19-16/h7-8,12,15H,1-6,9-11H2. The normalized spacial score (nSPS) is 25.0. The first-order valence-corrected chi connectivity index (χ1v) is 8.27. The fourth-order valence-electron chi connectivity index (χ4n) is 3.37. The van der Waals surface area contributed by atoms with Crippen LogP contribution in [0, 0.1) is 0 Å². The summed E-state index contributed by atoms with van der Waals surface area (Å²) in [6.07, 6.45) is 7.90. The van der Waals surface area contributed by atoms with E-state index in [0.29, 0.717) is 0 Å².